The first-order chi connectivity index (χ1) is 10.8. The van der Waals surface area contributed by atoms with E-state index in [1.54, 1.807) is 0 Å². The van der Waals surface area contributed by atoms with E-state index in [2.05, 4.69) is 60.8 Å². The third kappa shape index (κ3) is 2.35. The van der Waals surface area contributed by atoms with E-state index in [0.29, 0.717) is 0 Å². The summed E-state index contributed by atoms with van der Waals surface area (Å²) in [7, 11) is 0. The van der Waals surface area contributed by atoms with Gasteiger partial charge in [-0.05, 0) is 61.9 Å². The van der Waals surface area contributed by atoms with Crippen LogP contribution in [0.2, 0.25) is 0 Å². The predicted molar refractivity (Wildman–Crippen MR) is 92.8 cm³/mol. The van der Waals surface area contributed by atoms with Crippen molar-refractivity contribution in [3.63, 3.8) is 0 Å². The van der Waals surface area contributed by atoms with Gasteiger partial charge in [0, 0.05) is 16.8 Å². The maximum Gasteiger partial charge on any atom is 0.0726 e. The number of pyridine rings is 1. The Kier molecular flexibility index (Phi) is 3.30. The standard InChI is InChI=1S/C20H20N2/c1-14-7-6-8-15(13-14)21-20-16-9-2-4-11-18(16)22-19-12-5-3-10-17(19)20/h2,4,6-9,11,13H,3,5,10,12H2,1H3,(H,21,22). The quantitative estimate of drug-likeness (QED) is 0.704. The molecule has 0 amide bonds. The second-order valence-corrected chi connectivity index (χ2v) is 6.13. The van der Waals surface area contributed by atoms with E-state index in [1.165, 1.54) is 40.7 Å². The predicted octanol–water partition coefficient (Wildman–Crippen LogP) is 5.17. The molecule has 0 saturated carbocycles. The van der Waals surface area contributed by atoms with Crippen LogP contribution in [0.1, 0.15) is 29.7 Å². The zero-order valence-electron chi connectivity index (χ0n) is 12.9. The highest BCUT2D eigenvalue weighted by atomic mass is 14.9. The third-order valence-electron chi connectivity index (χ3n) is 4.46. The second-order valence-electron chi connectivity index (χ2n) is 6.13. The van der Waals surface area contributed by atoms with Gasteiger partial charge in [-0.2, -0.15) is 0 Å². The number of rotatable bonds is 2. The molecule has 1 aromatic heterocycles. The molecule has 0 atom stereocenters. The van der Waals surface area contributed by atoms with E-state index in [1.807, 2.05) is 0 Å². The van der Waals surface area contributed by atoms with Crippen molar-refractivity contribution >= 4 is 22.3 Å². The van der Waals surface area contributed by atoms with Gasteiger partial charge in [-0.15, -0.1) is 0 Å². The molecule has 0 fully saturated rings. The number of anilines is 2. The van der Waals surface area contributed by atoms with Crippen molar-refractivity contribution in [1.29, 1.82) is 0 Å². The average Bonchev–Trinajstić information content (AvgIpc) is 2.55. The summed E-state index contributed by atoms with van der Waals surface area (Å²) in [5.41, 5.74) is 7.47. The minimum absolute atomic E-state index is 1.10. The van der Waals surface area contributed by atoms with Crippen molar-refractivity contribution in [2.45, 2.75) is 32.6 Å². The van der Waals surface area contributed by atoms with Crippen molar-refractivity contribution in [3.8, 4) is 0 Å². The van der Waals surface area contributed by atoms with Crippen LogP contribution in [0.25, 0.3) is 10.9 Å². The fraction of sp³-hybridized carbons (Fsp3) is 0.250. The molecule has 1 N–H and O–H groups in total. The number of aromatic nitrogens is 1. The number of benzene rings is 2. The largest absolute Gasteiger partial charge is 0.355 e. The van der Waals surface area contributed by atoms with Gasteiger partial charge < -0.3 is 5.32 Å². The lowest BCUT2D eigenvalue weighted by Crippen LogP contribution is -2.09. The van der Waals surface area contributed by atoms with Crippen molar-refractivity contribution < 1.29 is 0 Å². The fourth-order valence-corrected chi connectivity index (χ4v) is 3.38. The molecule has 2 aromatic carbocycles. The monoisotopic (exact) mass is 288 g/mol. The van der Waals surface area contributed by atoms with Crippen LogP contribution >= 0.6 is 0 Å². The maximum atomic E-state index is 4.90. The summed E-state index contributed by atoms with van der Waals surface area (Å²) in [5.74, 6) is 0. The summed E-state index contributed by atoms with van der Waals surface area (Å²) in [5, 5.41) is 4.90. The fourth-order valence-electron chi connectivity index (χ4n) is 3.38. The first-order valence-corrected chi connectivity index (χ1v) is 8.05. The SMILES string of the molecule is Cc1cccc(Nc2c3c(nc4ccccc24)CCCC3)c1. The molecular formula is C20H20N2. The van der Waals surface area contributed by atoms with Gasteiger partial charge in [0.25, 0.3) is 0 Å². The van der Waals surface area contributed by atoms with Gasteiger partial charge in [-0.1, -0.05) is 30.3 Å². The number of para-hydroxylation sites is 1. The van der Waals surface area contributed by atoms with E-state index in [9.17, 15) is 0 Å². The molecule has 0 aliphatic heterocycles. The van der Waals surface area contributed by atoms with Gasteiger partial charge in [0.05, 0.1) is 11.2 Å². The Hall–Kier alpha value is -2.35. The molecule has 0 unspecified atom stereocenters. The normalized spacial score (nSPS) is 13.9. The molecule has 0 bridgehead atoms. The molecule has 4 rings (SSSR count). The van der Waals surface area contributed by atoms with E-state index >= 15 is 0 Å². The summed E-state index contributed by atoms with van der Waals surface area (Å²) < 4.78 is 0. The lowest BCUT2D eigenvalue weighted by atomic mass is 9.92. The van der Waals surface area contributed by atoms with Crippen LogP contribution in [-0.4, -0.2) is 4.98 Å². The molecule has 2 nitrogen and oxygen atoms in total. The number of hydrogen-bond acceptors (Lipinski definition) is 2. The van der Waals surface area contributed by atoms with E-state index in [0.717, 1.165) is 24.0 Å². The van der Waals surface area contributed by atoms with Gasteiger partial charge in [0.15, 0.2) is 0 Å². The van der Waals surface area contributed by atoms with E-state index in [-0.39, 0.29) is 0 Å². The molecular weight excluding hydrogens is 268 g/mol. The number of aryl methyl sites for hydroxylation is 2. The molecule has 22 heavy (non-hydrogen) atoms. The van der Waals surface area contributed by atoms with Gasteiger partial charge >= 0.3 is 0 Å². The Bertz CT molecular complexity index is 836. The lowest BCUT2D eigenvalue weighted by molar-refractivity contribution is 0.672. The highest BCUT2D eigenvalue weighted by Gasteiger charge is 2.18. The van der Waals surface area contributed by atoms with Crippen LogP contribution in [-0.2, 0) is 12.8 Å². The molecule has 1 heterocycles. The molecule has 1 aliphatic carbocycles. The molecule has 0 radical (unpaired) electrons. The van der Waals surface area contributed by atoms with Crippen LogP contribution < -0.4 is 5.32 Å². The zero-order chi connectivity index (χ0) is 14.9. The molecule has 1 aliphatic rings. The second kappa shape index (κ2) is 5.45. The number of fused-ring (bicyclic) bond motifs is 2. The average molecular weight is 288 g/mol. The maximum absolute atomic E-state index is 4.90. The van der Waals surface area contributed by atoms with Crippen LogP contribution in [0.3, 0.4) is 0 Å². The van der Waals surface area contributed by atoms with Crippen molar-refractivity contribution in [2.75, 3.05) is 5.32 Å². The van der Waals surface area contributed by atoms with Gasteiger partial charge in [-0.25, -0.2) is 0 Å². The number of nitrogens with one attached hydrogen (secondary N) is 1. The summed E-state index contributed by atoms with van der Waals surface area (Å²) in [6, 6.07) is 17.0. The minimum Gasteiger partial charge on any atom is -0.355 e. The number of nitrogens with zero attached hydrogens (tertiary/aromatic N) is 1. The van der Waals surface area contributed by atoms with Crippen LogP contribution in [0, 0.1) is 6.92 Å². The van der Waals surface area contributed by atoms with E-state index in [4.69, 9.17) is 4.98 Å². The lowest BCUT2D eigenvalue weighted by Gasteiger charge is -2.21. The Morgan fingerprint density at radius 1 is 0.955 bits per heavy atom. The first kappa shape index (κ1) is 13.3. The summed E-state index contributed by atoms with van der Waals surface area (Å²) in [6.07, 6.45) is 4.74. The highest BCUT2D eigenvalue weighted by Crippen LogP contribution is 2.35. The minimum atomic E-state index is 1.10. The molecule has 0 spiro atoms. The van der Waals surface area contributed by atoms with Crippen molar-refractivity contribution in [3.05, 3.63) is 65.4 Å². The molecule has 0 saturated heterocycles. The molecule has 2 heteroatoms. The Balaban J connectivity index is 1.90. The zero-order valence-corrected chi connectivity index (χ0v) is 12.9. The van der Waals surface area contributed by atoms with Crippen LogP contribution in [0.5, 0.6) is 0 Å². The molecule has 110 valence electrons. The Morgan fingerprint density at radius 3 is 2.73 bits per heavy atom. The smallest absolute Gasteiger partial charge is 0.0726 e. The highest BCUT2D eigenvalue weighted by molar-refractivity contribution is 5.95. The number of hydrogen-bond donors (Lipinski definition) is 1. The van der Waals surface area contributed by atoms with Gasteiger partial charge in [0.2, 0.25) is 0 Å². The Morgan fingerprint density at radius 2 is 1.82 bits per heavy atom. The summed E-state index contributed by atoms with van der Waals surface area (Å²) in [4.78, 5) is 4.90. The summed E-state index contributed by atoms with van der Waals surface area (Å²) in [6.45, 7) is 2.13. The first-order valence-electron chi connectivity index (χ1n) is 8.05. The van der Waals surface area contributed by atoms with Crippen LogP contribution in [0.4, 0.5) is 11.4 Å². The van der Waals surface area contributed by atoms with Crippen molar-refractivity contribution in [2.24, 2.45) is 0 Å². The topological polar surface area (TPSA) is 24.9 Å². The van der Waals surface area contributed by atoms with Crippen molar-refractivity contribution in [1.82, 2.24) is 4.98 Å². The van der Waals surface area contributed by atoms with Gasteiger partial charge in [0.1, 0.15) is 0 Å². The molecule has 3 aromatic rings. The van der Waals surface area contributed by atoms with Crippen LogP contribution in [0.15, 0.2) is 48.5 Å². The van der Waals surface area contributed by atoms with E-state index < -0.39 is 0 Å². The van der Waals surface area contributed by atoms with Gasteiger partial charge in [-0.3, -0.25) is 4.98 Å². The summed E-state index contributed by atoms with van der Waals surface area (Å²) >= 11 is 0. The third-order valence-corrected chi connectivity index (χ3v) is 4.46. The Labute approximate surface area is 131 Å².